The molecule has 84 valence electrons. The molecule has 1 atom stereocenters. The largest absolute Gasteiger partial charge is 0.468 e. The zero-order chi connectivity index (χ0) is 12.0. The number of carbonyl (C=O) groups excluding carboxylic acids is 1. The first-order valence-corrected chi connectivity index (χ1v) is 4.86. The lowest BCUT2D eigenvalue weighted by Crippen LogP contribution is -2.30. The fraction of sp³-hybridized carbons (Fsp3) is 0.333. The number of aromatic nitrogens is 1. The molecule has 4 nitrogen and oxygen atoms in total. The summed E-state index contributed by atoms with van der Waals surface area (Å²) in [6, 6.07) is 3.10. The fourth-order valence-corrected chi connectivity index (χ4v) is 1.27. The Morgan fingerprint density at radius 2 is 2.44 bits per heavy atom. The van der Waals surface area contributed by atoms with Crippen molar-refractivity contribution in [1.82, 2.24) is 10.3 Å². The zero-order valence-corrected chi connectivity index (χ0v) is 9.36. The maximum absolute atomic E-state index is 11.5. The van der Waals surface area contributed by atoms with Gasteiger partial charge in [-0.05, 0) is 18.6 Å². The number of esters is 1. The van der Waals surface area contributed by atoms with Crippen LogP contribution in [0.5, 0.6) is 0 Å². The van der Waals surface area contributed by atoms with E-state index in [4.69, 9.17) is 11.2 Å². The van der Waals surface area contributed by atoms with E-state index in [1.165, 1.54) is 7.11 Å². The van der Waals surface area contributed by atoms with Gasteiger partial charge >= 0.3 is 5.97 Å². The molecule has 0 spiro atoms. The number of nitrogens with zero attached hydrogens (tertiary/aromatic N) is 1. The number of hydrogen-bond donors (Lipinski definition) is 1. The second kappa shape index (κ2) is 5.89. The number of hydrogen-bond acceptors (Lipinski definition) is 4. The molecular weight excluding hydrogens is 204 g/mol. The van der Waals surface area contributed by atoms with Crippen LogP contribution >= 0.6 is 0 Å². The summed E-state index contributed by atoms with van der Waals surface area (Å²) in [7, 11) is 1.34. The van der Waals surface area contributed by atoms with Crippen LogP contribution in [0.4, 0.5) is 0 Å². The van der Waals surface area contributed by atoms with E-state index in [2.05, 4.69) is 16.2 Å². The van der Waals surface area contributed by atoms with Gasteiger partial charge in [-0.15, -0.1) is 6.42 Å². The van der Waals surface area contributed by atoms with Gasteiger partial charge in [-0.2, -0.15) is 0 Å². The third-order valence-electron chi connectivity index (χ3n) is 2.11. The molecular formula is C12H14N2O2. The Bertz CT molecular complexity index is 392. The minimum Gasteiger partial charge on any atom is -0.468 e. The highest BCUT2D eigenvalue weighted by Crippen LogP contribution is 2.13. The molecule has 1 aromatic rings. The second-order valence-electron chi connectivity index (χ2n) is 3.27. The normalized spacial score (nSPS) is 11.6. The van der Waals surface area contributed by atoms with Gasteiger partial charge in [0.05, 0.1) is 13.7 Å². The molecule has 1 unspecified atom stereocenters. The zero-order valence-electron chi connectivity index (χ0n) is 9.36. The van der Waals surface area contributed by atoms with Crippen molar-refractivity contribution in [3.8, 4) is 12.3 Å². The summed E-state index contributed by atoms with van der Waals surface area (Å²) in [5.41, 5.74) is 1.64. The van der Waals surface area contributed by atoms with Crippen LogP contribution < -0.4 is 5.32 Å². The molecule has 0 radical (unpaired) electrons. The Kier molecular flexibility index (Phi) is 4.49. The Morgan fingerprint density at radius 3 is 2.94 bits per heavy atom. The van der Waals surface area contributed by atoms with Crippen molar-refractivity contribution in [3.63, 3.8) is 0 Å². The highest BCUT2D eigenvalue weighted by atomic mass is 16.5. The van der Waals surface area contributed by atoms with Crippen molar-refractivity contribution in [2.24, 2.45) is 0 Å². The van der Waals surface area contributed by atoms with Gasteiger partial charge < -0.3 is 4.74 Å². The average molecular weight is 218 g/mol. The number of rotatable bonds is 4. The molecule has 0 aliphatic rings. The maximum atomic E-state index is 11.5. The predicted molar refractivity (Wildman–Crippen MR) is 60.6 cm³/mol. The van der Waals surface area contributed by atoms with E-state index in [0.29, 0.717) is 6.54 Å². The number of terminal acetylenes is 1. The molecule has 0 amide bonds. The van der Waals surface area contributed by atoms with Gasteiger partial charge in [0.1, 0.15) is 6.04 Å². The topological polar surface area (TPSA) is 51.2 Å². The van der Waals surface area contributed by atoms with Crippen molar-refractivity contribution in [2.45, 2.75) is 13.0 Å². The lowest BCUT2D eigenvalue weighted by Gasteiger charge is -2.14. The van der Waals surface area contributed by atoms with E-state index in [-0.39, 0.29) is 5.97 Å². The average Bonchev–Trinajstić information content (AvgIpc) is 2.31. The molecule has 16 heavy (non-hydrogen) atoms. The number of pyridine rings is 1. The van der Waals surface area contributed by atoms with Gasteiger partial charge in [-0.3, -0.25) is 10.3 Å². The van der Waals surface area contributed by atoms with Crippen molar-refractivity contribution >= 4 is 5.97 Å². The first kappa shape index (κ1) is 12.2. The van der Waals surface area contributed by atoms with E-state index in [9.17, 15) is 4.79 Å². The van der Waals surface area contributed by atoms with Crippen LogP contribution in [0.2, 0.25) is 0 Å². The molecule has 1 heterocycles. The standard InChI is InChI=1S/C12H14N2O2/c1-4-7-13-11(12(15)16-3)10-6-5-9(2)14-8-10/h1,5-6,8,11,13H,7H2,2-3H3. The first-order chi connectivity index (χ1) is 7.69. The van der Waals surface area contributed by atoms with Gasteiger partial charge in [0.25, 0.3) is 0 Å². The number of ether oxygens (including phenoxy) is 1. The third-order valence-corrected chi connectivity index (χ3v) is 2.11. The quantitative estimate of drug-likeness (QED) is 0.600. The van der Waals surface area contributed by atoms with Gasteiger partial charge in [-0.1, -0.05) is 12.0 Å². The minimum absolute atomic E-state index is 0.299. The molecule has 0 saturated carbocycles. The van der Waals surface area contributed by atoms with E-state index >= 15 is 0 Å². The van der Waals surface area contributed by atoms with Crippen molar-refractivity contribution in [1.29, 1.82) is 0 Å². The maximum Gasteiger partial charge on any atom is 0.327 e. The molecule has 1 aromatic heterocycles. The fourth-order valence-electron chi connectivity index (χ4n) is 1.27. The van der Waals surface area contributed by atoms with E-state index in [1.54, 1.807) is 6.20 Å². The van der Waals surface area contributed by atoms with Crippen molar-refractivity contribution in [2.75, 3.05) is 13.7 Å². The summed E-state index contributed by atoms with van der Waals surface area (Å²) in [5.74, 6) is 2.04. The molecule has 0 saturated heterocycles. The Hall–Kier alpha value is -1.86. The molecule has 1 N–H and O–H groups in total. The second-order valence-corrected chi connectivity index (χ2v) is 3.27. The third kappa shape index (κ3) is 3.07. The summed E-state index contributed by atoms with van der Waals surface area (Å²) in [5, 5.41) is 2.91. The summed E-state index contributed by atoms with van der Waals surface area (Å²) in [4.78, 5) is 15.6. The van der Waals surface area contributed by atoms with Gasteiger partial charge in [-0.25, -0.2) is 4.79 Å². The van der Waals surface area contributed by atoms with Crippen LogP contribution in [0, 0.1) is 19.3 Å². The van der Waals surface area contributed by atoms with E-state index < -0.39 is 6.04 Å². The van der Waals surface area contributed by atoms with Gasteiger partial charge in [0.15, 0.2) is 0 Å². The number of methoxy groups -OCH3 is 1. The molecule has 1 rings (SSSR count). The minimum atomic E-state index is -0.561. The molecule has 0 bridgehead atoms. The summed E-state index contributed by atoms with van der Waals surface area (Å²) in [6.45, 7) is 2.18. The van der Waals surface area contributed by atoms with Gasteiger partial charge in [0.2, 0.25) is 0 Å². The SMILES string of the molecule is C#CCNC(C(=O)OC)c1ccc(C)nc1. The molecule has 0 aromatic carbocycles. The van der Waals surface area contributed by atoms with Crippen LogP contribution in [0.1, 0.15) is 17.3 Å². The van der Waals surface area contributed by atoms with E-state index in [1.807, 2.05) is 19.1 Å². The number of aryl methyl sites for hydroxylation is 1. The van der Waals surface area contributed by atoms with Gasteiger partial charge in [0, 0.05) is 11.9 Å². The summed E-state index contributed by atoms with van der Waals surface area (Å²) < 4.78 is 4.70. The van der Waals surface area contributed by atoms with Crippen molar-refractivity contribution < 1.29 is 9.53 Å². The predicted octanol–water partition coefficient (Wildman–Crippen LogP) is 0.827. The molecule has 0 fully saturated rings. The molecule has 4 heteroatoms. The Labute approximate surface area is 95.0 Å². The van der Waals surface area contributed by atoms with Crippen LogP contribution in [-0.2, 0) is 9.53 Å². The smallest absolute Gasteiger partial charge is 0.327 e. The van der Waals surface area contributed by atoms with E-state index in [0.717, 1.165) is 11.3 Å². The van der Waals surface area contributed by atoms with Crippen LogP contribution in [0.15, 0.2) is 18.3 Å². The van der Waals surface area contributed by atoms with Crippen molar-refractivity contribution in [3.05, 3.63) is 29.6 Å². The van der Waals surface area contributed by atoms with Crippen LogP contribution in [-0.4, -0.2) is 24.6 Å². The summed E-state index contributed by atoms with van der Waals surface area (Å²) >= 11 is 0. The number of carbonyl (C=O) groups is 1. The lowest BCUT2D eigenvalue weighted by atomic mass is 10.1. The summed E-state index contributed by atoms with van der Waals surface area (Å²) in [6.07, 6.45) is 6.78. The van der Waals surface area contributed by atoms with Crippen LogP contribution in [0.25, 0.3) is 0 Å². The Balaban J connectivity index is 2.88. The molecule has 0 aliphatic heterocycles. The Morgan fingerprint density at radius 1 is 1.69 bits per heavy atom. The monoisotopic (exact) mass is 218 g/mol. The number of nitrogens with one attached hydrogen (secondary N) is 1. The lowest BCUT2D eigenvalue weighted by molar-refractivity contribution is -0.143. The molecule has 0 aliphatic carbocycles. The first-order valence-electron chi connectivity index (χ1n) is 4.86. The van der Waals surface area contributed by atoms with Crippen LogP contribution in [0.3, 0.4) is 0 Å². The highest BCUT2D eigenvalue weighted by molar-refractivity contribution is 5.77. The highest BCUT2D eigenvalue weighted by Gasteiger charge is 2.20.